The second kappa shape index (κ2) is 4.77. The molecule has 14 heavy (non-hydrogen) atoms. The summed E-state index contributed by atoms with van der Waals surface area (Å²) in [6, 6.07) is 6.07. The van der Waals surface area contributed by atoms with Gasteiger partial charge in [0.15, 0.2) is 0 Å². The average molecular weight is 303 g/mol. The molecule has 1 rings (SSSR count). The standard InChI is InChI=1S/C11H14INO/c1-7(2)13-11(14)9-6-8(3)4-5-10(9)12/h4-7H,1-3H3,(H,13,14). The highest BCUT2D eigenvalue weighted by Crippen LogP contribution is 2.14. The summed E-state index contributed by atoms with van der Waals surface area (Å²) in [5.41, 5.74) is 1.87. The second-order valence-corrected chi connectivity index (χ2v) is 4.77. The molecular weight excluding hydrogens is 289 g/mol. The monoisotopic (exact) mass is 303 g/mol. The van der Waals surface area contributed by atoms with Crippen LogP contribution in [-0.4, -0.2) is 11.9 Å². The molecule has 1 N–H and O–H groups in total. The fourth-order valence-electron chi connectivity index (χ4n) is 1.15. The first-order chi connectivity index (χ1) is 6.50. The van der Waals surface area contributed by atoms with E-state index in [4.69, 9.17) is 0 Å². The van der Waals surface area contributed by atoms with Crippen LogP contribution in [-0.2, 0) is 0 Å². The third kappa shape index (κ3) is 2.97. The third-order valence-corrected chi connectivity index (χ3v) is 2.73. The Kier molecular flexibility index (Phi) is 3.92. The Labute approximate surface area is 98.2 Å². The van der Waals surface area contributed by atoms with Gasteiger partial charge in [0.25, 0.3) is 5.91 Å². The van der Waals surface area contributed by atoms with Gasteiger partial charge in [0.1, 0.15) is 0 Å². The second-order valence-electron chi connectivity index (χ2n) is 3.61. The van der Waals surface area contributed by atoms with Crippen LogP contribution < -0.4 is 5.32 Å². The topological polar surface area (TPSA) is 29.1 Å². The van der Waals surface area contributed by atoms with Gasteiger partial charge >= 0.3 is 0 Å². The van der Waals surface area contributed by atoms with Crippen LogP contribution in [0.15, 0.2) is 18.2 Å². The van der Waals surface area contributed by atoms with Crippen molar-refractivity contribution in [3.8, 4) is 0 Å². The van der Waals surface area contributed by atoms with Gasteiger partial charge in [0.2, 0.25) is 0 Å². The molecule has 2 nitrogen and oxygen atoms in total. The Morgan fingerprint density at radius 2 is 2.07 bits per heavy atom. The first-order valence-electron chi connectivity index (χ1n) is 4.57. The Morgan fingerprint density at radius 3 is 2.64 bits per heavy atom. The maximum atomic E-state index is 11.7. The summed E-state index contributed by atoms with van der Waals surface area (Å²) in [6.07, 6.45) is 0. The zero-order valence-corrected chi connectivity index (χ0v) is 10.8. The van der Waals surface area contributed by atoms with Crippen molar-refractivity contribution < 1.29 is 4.79 Å². The number of hydrogen-bond donors (Lipinski definition) is 1. The van der Waals surface area contributed by atoms with Gasteiger partial charge in [0.05, 0.1) is 5.56 Å². The molecule has 3 heteroatoms. The minimum absolute atomic E-state index is 0.00750. The first kappa shape index (κ1) is 11.5. The number of benzene rings is 1. The molecule has 76 valence electrons. The molecule has 0 bridgehead atoms. The molecule has 0 radical (unpaired) electrons. The van der Waals surface area contributed by atoms with E-state index in [-0.39, 0.29) is 11.9 Å². The zero-order valence-electron chi connectivity index (χ0n) is 8.60. The van der Waals surface area contributed by atoms with Crippen molar-refractivity contribution in [2.75, 3.05) is 0 Å². The lowest BCUT2D eigenvalue weighted by molar-refractivity contribution is 0.0942. The van der Waals surface area contributed by atoms with Gasteiger partial charge in [0, 0.05) is 9.61 Å². The number of carbonyl (C=O) groups is 1. The number of amides is 1. The molecule has 1 amide bonds. The van der Waals surface area contributed by atoms with E-state index in [1.807, 2.05) is 39.0 Å². The van der Waals surface area contributed by atoms with Crippen molar-refractivity contribution in [1.29, 1.82) is 0 Å². The fraction of sp³-hybridized carbons (Fsp3) is 0.364. The number of hydrogen-bond acceptors (Lipinski definition) is 1. The van der Waals surface area contributed by atoms with Crippen LogP contribution in [0.5, 0.6) is 0 Å². The number of nitrogens with one attached hydrogen (secondary N) is 1. The molecule has 0 atom stereocenters. The van der Waals surface area contributed by atoms with Crippen molar-refractivity contribution in [3.05, 3.63) is 32.9 Å². The van der Waals surface area contributed by atoms with E-state index in [2.05, 4.69) is 27.9 Å². The molecule has 0 saturated carbocycles. The molecule has 1 aromatic carbocycles. The van der Waals surface area contributed by atoms with Crippen molar-refractivity contribution in [2.24, 2.45) is 0 Å². The van der Waals surface area contributed by atoms with E-state index in [0.29, 0.717) is 0 Å². The Hall–Kier alpha value is -0.580. The summed E-state index contributed by atoms with van der Waals surface area (Å²) in [7, 11) is 0. The normalized spacial score (nSPS) is 10.4. The smallest absolute Gasteiger partial charge is 0.252 e. The summed E-state index contributed by atoms with van der Waals surface area (Å²) in [6.45, 7) is 5.91. The van der Waals surface area contributed by atoms with Crippen molar-refractivity contribution in [3.63, 3.8) is 0 Å². The maximum Gasteiger partial charge on any atom is 0.252 e. The highest BCUT2D eigenvalue weighted by Gasteiger charge is 2.10. The van der Waals surface area contributed by atoms with Crippen LogP contribution in [0.3, 0.4) is 0 Å². The van der Waals surface area contributed by atoms with Crippen molar-refractivity contribution in [1.82, 2.24) is 5.32 Å². The van der Waals surface area contributed by atoms with Gasteiger partial charge in [-0.3, -0.25) is 4.79 Å². The number of aryl methyl sites for hydroxylation is 1. The lowest BCUT2D eigenvalue weighted by Gasteiger charge is -2.10. The van der Waals surface area contributed by atoms with E-state index in [1.54, 1.807) is 0 Å². The van der Waals surface area contributed by atoms with Gasteiger partial charge in [-0.1, -0.05) is 11.6 Å². The number of rotatable bonds is 2. The first-order valence-corrected chi connectivity index (χ1v) is 5.65. The molecule has 0 heterocycles. The number of carbonyl (C=O) groups excluding carboxylic acids is 1. The lowest BCUT2D eigenvalue weighted by atomic mass is 10.1. The SMILES string of the molecule is Cc1ccc(I)c(C(=O)NC(C)C)c1. The molecule has 0 unspecified atom stereocenters. The van der Waals surface area contributed by atoms with Crippen LogP contribution in [0.2, 0.25) is 0 Å². The molecule has 0 saturated heterocycles. The predicted molar refractivity (Wildman–Crippen MR) is 66.5 cm³/mol. The maximum absolute atomic E-state index is 11.7. The summed E-state index contributed by atoms with van der Waals surface area (Å²) >= 11 is 2.18. The van der Waals surface area contributed by atoms with Crippen LogP contribution in [0.1, 0.15) is 29.8 Å². The fourth-order valence-corrected chi connectivity index (χ4v) is 1.73. The highest BCUT2D eigenvalue weighted by atomic mass is 127. The van der Waals surface area contributed by atoms with Gasteiger partial charge < -0.3 is 5.32 Å². The van der Waals surface area contributed by atoms with Crippen LogP contribution in [0.25, 0.3) is 0 Å². The van der Waals surface area contributed by atoms with E-state index in [0.717, 1.165) is 14.7 Å². The van der Waals surface area contributed by atoms with Crippen molar-refractivity contribution in [2.45, 2.75) is 26.8 Å². The molecule has 1 aromatic rings. The van der Waals surface area contributed by atoms with E-state index < -0.39 is 0 Å². The summed E-state index contributed by atoms with van der Waals surface area (Å²) in [5.74, 6) is 0.00750. The molecular formula is C11H14INO. The minimum Gasteiger partial charge on any atom is -0.350 e. The quantitative estimate of drug-likeness (QED) is 0.836. The van der Waals surface area contributed by atoms with Crippen LogP contribution in [0.4, 0.5) is 0 Å². The molecule has 0 spiro atoms. The molecule has 0 aromatic heterocycles. The Morgan fingerprint density at radius 1 is 1.43 bits per heavy atom. The lowest BCUT2D eigenvalue weighted by Crippen LogP contribution is -2.30. The largest absolute Gasteiger partial charge is 0.350 e. The predicted octanol–water partition coefficient (Wildman–Crippen LogP) is 2.74. The van der Waals surface area contributed by atoms with Crippen LogP contribution in [0, 0.1) is 10.5 Å². The zero-order chi connectivity index (χ0) is 10.7. The van der Waals surface area contributed by atoms with Gasteiger partial charge in [-0.2, -0.15) is 0 Å². The van der Waals surface area contributed by atoms with Gasteiger partial charge in [-0.25, -0.2) is 0 Å². The minimum atomic E-state index is 0.00750. The van der Waals surface area contributed by atoms with E-state index >= 15 is 0 Å². The molecule has 0 aliphatic rings. The number of halogens is 1. The Bertz CT molecular complexity index is 347. The summed E-state index contributed by atoms with van der Waals surface area (Å²) in [4.78, 5) is 11.7. The molecule has 0 fully saturated rings. The van der Waals surface area contributed by atoms with Crippen molar-refractivity contribution >= 4 is 28.5 Å². The van der Waals surface area contributed by atoms with E-state index in [1.165, 1.54) is 0 Å². The van der Waals surface area contributed by atoms with Gasteiger partial charge in [-0.15, -0.1) is 0 Å². The highest BCUT2D eigenvalue weighted by molar-refractivity contribution is 14.1. The molecule has 0 aliphatic carbocycles. The average Bonchev–Trinajstić information content (AvgIpc) is 2.08. The summed E-state index contributed by atoms with van der Waals surface area (Å²) in [5, 5.41) is 2.88. The third-order valence-electron chi connectivity index (χ3n) is 1.79. The molecule has 0 aliphatic heterocycles. The van der Waals surface area contributed by atoms with Gasteiger partial charge in [-0.05, 0) is 55.5 Å². The van der Waals surface area contributed by atoms with E-state index in [9.17, 15) is 4.79 Å². The van der Waals surface area contributed by atoms with Crippen LogP contribution >= 0.6 is 22.6 Å². The Balaban J connectivity index is 2.94. The summed E-state index contributed by atoms with van der Waals surface area (Å²) < 4.78 is 0.992.